The van der Waals surface area contributed by atoms with E-state index in [4.69, 9.17) is 9.84 Å². The van der Waals surface area contributed by atoms with Crippen LogP contribution < -0.4 is 4.74 Å². The predicted molar refractivity (Wildman–Crippen MR) is 66.9 cm³/mol. The van der Waals surface area contributed by atoms with Gasteiger partial charge in [0.1, 0.15) is 17.3 Å². The number of carbonyl (C=O) groups is 1. The molecule has 5 heteroatoms. The van der Waals surface area contributed by atoms with Crippen LogP contribution in [0.1, 0.15) is 23.2 Å². The second-order valence-corrected chi connectivity index (χ2v) is 3.78. The van der Waals surface area contributed by atoms with Crippen molar-refractivity contribution in [2.45, 2.75) is 13.8 Å². The van der Waals surface area contributed by atoms with Gasteiger partial charge in [0.25, 0.3) is 0 Å². The van der Waals surface area contributed by atoms with Crippen LogP contribution in [0.5, 0.6) is 5.75 Å². The summed E-state index contributed by atoms with van der Waals surface area (Å²) in [5.41, 5.74) is 1.17. The van der Waals surface area contributed by atoms with Crippen LogP contribution >= 0.6 is 0 Å². The average Bonchev–Trinajstić information content (AvgIpc) is 2.72. The number of carboxylic acid groups (broad SMARTS) is 1. The molecule has 1 aromatic heterocycles. The fourth-order valence-electron chi connectivity index (χ4n) is 1.78. The first kappa shape index (κ1) is 12.2. The molecule has 1 aromatic carbocycles. The fourth-order valence-corrected chi connectivity index (χ4v) is 1.78. The molecule has 0 spiro atoms. The number of aryl methyl sites for hydroxylation is 1. The zero-order valence-corrected chi connectivity index (χ0v) is 10.2. The molecule has 0 aliphatic carbocycles. The highest BCUT2D eigenvalue weighted by molar-refractivity contribution is 5.93. The van der Waals surface area contributed by atoms with Crippen molar-refractivity contribution < 1.29 is 14.6 Å². The molecule has 5 nitrogen and oxygen atoms in total. The van der Waals surface area contributed by atoms with Gasteiger partial charge < -0.3 is 14.8 Å². The number of nitrogens with zero attached hydrogens (tertiary/aromatic N) is 1. The molecule has 0 saturated carbocycles. The van der Waals surface area contributed by atoms with E-state index in [1.54, 1.807) is 19.1 Å². The van der Waals surface area contributed by atoms with Gasteiger partial charge in [0.15, 0.2) is 5.69 Å². The Balaban J connectivity index is 2.58. The molecule has 0 radical (unpaired) electrons. The van der Waals surface area contributed by atoms with Crippen molar-refractivity contribution in [3.8, 4) is 17.0 Å². The van der Waals surface area contributed by atoms with E-state index >= 15 is 0 Å². The molecule has 2 rings (SSSR count). The zero-order valence-electron chi connectivity index (χ0n) is 10.2. The summed E-state index contributed by atoms with van der Waals surface area (Å²) >= 11 is 0. The smallest absolute Gasteiger partial charge is 0.354 e. The predicted octanol–water partition coefficient (Wildman–Crippen LogP) is 2.48. The van der Waals surface area contributed by atoms with Gasteiger partial charge in [-0.15, -0.1) is 0 Å². The third-order valence-electron chi connectivity index (χ3n) is 2.48. The van der Waals surface area contributed by atoms with E-state index in [0.717, 1.165) is 0 Å². The number of hydrogen-bond acceptors (Lipinski definition) is 3. The quantitative estimate of drug-likeness (QED) is 0.869. The van der Waals surface area contributed by atoms with Gasteiger partial charge >= 0.3 is 5.97 Å². The molecule has 2 N–H and O–H groups in total. The normalized spacial score (nSPS) is 10.3. The second kappa shape index (κ2) is 4.91. The largest absolute Gasteiger partial charge is 0.493 e. The van der Waals surface area contributed by atoms with Crippen LogP contribution in [0, 0.1) is 6.92 Å². The van der Waals surface area contributed by atoms with Gasteiger partial charge in [0.2, 0.25) is 0 Å². The molecule has 0 aliphatic rings. The Morgan fingerprint density at radius 2 is 2.17 bits per heavy atom. The molecule has 1 heterocycles. The summed E-state index contributed by atoms with van der Waals surface area (Å²) < 4.78 is 5.49. The van der Waals surface area contributed by atoms with Crippen molar-refractivity contribution in [3.63, 3.8) is 0 Å². The Morgan fingerprint density at radius 3 is 2.83 bits per heavy atom. The maximum Gasteiger partial charge on any atom is 0.354 e. The lowest BCUT2D eigenvalue weighted by Gasteiger charge is -2.08. The lowest BCUT2D eigenvalue weighted by molar-refractivity contribution is 0.0692. The lowest BCUT2D eigenvalue weighted by Crippen LogP contribution is -2.01. The number of aromatic nitrogens is 2. The number of ether oxygens (including phenoxy) is 1. The maximum atomic E-state index is 11.2. The molecule has 0 bridgehead atoms. The number of hydrogen-bond donors (Lipinski definition) is 2. The van der Waals surface area contributed by atoms with Gasteiger partial charge in [0.05, 0.1) is 6.61 Å². The molecule has 0 fully saturated rings. The van der Waals surface area contributed by atoms with Crippen LogP contribution in [0.3, 0.4) is 0 Å². The first-order valence-corrected chi connectivity index (χ1v) is 5.65. The average molecular weight is 246 g/mol. The van der Waals surface area contributed by atoms with E-state index in [1.807, 2.05) is 19.1 Å². The van der Waals surface area contributed by atoms with Gasteiger partial charge in [-0.2, -0.15) is 0 Å². The summed E-state index contributed by atoms with van der Waals surface area (Å²) in [7, 11) is 0. The number of nitrogens with one attached hydrogen (secondary N) is 1. The highest BCUT2D eigenvalue weighted by Crippen LogP contribution is 2.30. The summed E-state index contributed by atoms with van der Waals surface area (Å²) in [6.07, 6.45) is 0. The van der Waals surface area contributed by atoms with Gasteiger partial charge in [-0.25, -0.2) is 9.78 Å². The van der Waals surface area contributed by atoms with Crippen LogP contribution in [-0.4, -0.2) is 27.7 Å². The topological polar surface area (TPSA) is 75.2 Å². The summed E-state index contributed by atoms with van der Waals surface area (Å²) in [6.45, 7) is 4.12. The van der Waals surface area contributed by atoms with Crippen LogP contribution in [0.15, 0.2) is 24.3 Å². The monoisotopic (exact) mass is 246 g/mol. The fraction of sp³-hybridized carbons (Fsp3) is 0.231. The van der Waals surface area contributed by atoms with Crippen molar-refractivity contribution in [2.75, 3.05) is 6.61 Å². The highest BCUT2D eigenvalue weighted by atomic mass is 16.5. The third kappa shape index (κ3) is 2.20. The molecular formula is C13H14N2O3. The van der Waals surface area contributed by atoms with Gasteiger partial charge in [0, 0.05) is 5.56 Å². The summed E-state index contributed by atoms with van der Waals surface area (Å²) in [4.78, 5) is 18.1. The Kier molecular flexibility index (Phi) is 3.32. The van der Waals surface area contributed by atoms with E-state index < -0.39 is 5.97 Å². The minimum atomic E-state index is -1.03. The molecule has 0 saturated heterocycles. The second-order valence-electron chi connectivity index (χ2n) is 3.78. The molecule has 18 heavy (non-hydrogen) atoms. The minimum Gasteiger partial charge on any atom is -0.493 e. The number of rotatable bonds is 4. The molecule has 0 amide bonds. The summed E-state index contributed by atoms with van der Waals surface area (Å²) in [5, 5.41) is 9.15. The van der Waals surface area contributed by atoms with Crippen molar-refractivity contribution in [2.24, 2.45) is 0 Å². The molecule has 0 unspecified atom stereocenters. The van der Waals surface area contributed by atoms with Crippen molar-refractivity contribution in [1.29, 1.82) is 0 Å². The van der Waals surface area contributed by atoms with E-state index in [9.17, 15) is 4.79 Å². The highest BCUT2D eigenvalue weighted by Gasteiger charge is 2.19. The Labute approximate surface area is 104 Å². The van der Waals surface area contributed by atoms with Crippen LogP contribution in [0.4, 0.5) is 0 Å². The first-order valence-electron chi connectivity index (χ1n) is 5.65. The molecule has 0 atom stereocenters. The van der Waals surface area contributed by atoms with E-state index in [2.05, 4.69) is 9.97 Å². The van der Waals surface area contributed by atoms with Crippen molar-refractivity contribution >= 4 is 5.97 Å². The Bertz CT molecular complexity index is 575. The lowest BCUT2D eigenvalue weighted by atomic mass is 10.1. The number of H-pyrrole nitrogens is 1. The number of para-hydroxylation sites is 1. The van der Waals surface area contributed by atoms with Crippen molar-refractivity contribution in [1.82, 2.24) is 9.97 Å². The number of aromatic amines is 1. The Hall–Kier alpha value is -2.30. The third-order valence-corrected chi connectivity index (χ3v) is 2.48. The molecule has 0 aliphatic heterocycles. The van der Waals surface area contributed by atoms with Crippen LogP contribution in [0.2, 0.25) is 0 Å². The van der Waals surface area contributed by atoms with Crippen LogP contribution in [0.25, 0.3) is 11.3 Å². The van der Waals surface area contributed by atoms with Crippen LogP contribution in [-0.2, 0) is 0 Å². The number of carboxylic acids is 1. The standard InChI is InChI=1S/C13H14N2O3/c1-3-18-10-7-5-4-6-9(10)11-12(13(16)17)15-8(2)14-11/h4-7H,3H2,1-2H3,(H,14,15)(H,16,17). The molecule has 2 aromatic rings. The SMILES string of the molecule is CCOc1ccccc1-c1nc(C)[nH]c1C(=O)O. The summed E-state index contributed by atoms with van der Waals surface area (Å²) in [5.74, 6) is 0.166. The van der Waals surface area contributed by atoms with Gasteiger partial charge in [-0.05, 0) is 26.0 Å². The zero-order chi connectivity index (χ0) is 13.1. The number of aromatic carboxylic acids is 1. The van der Waals surface area contributed by atoms with Gasteiger partial charge in [-0.1, -0.05) is 12.1 Å². The number of benzene rings is 1. The summed E-state index contributed by atoms with van der Waals surface area (Å²) in [6, 6.07) is 7.27. The van der Waals surface area contributed by atoms with Crippen molar-refractivity contribution in [3.05, 3.63) is 35.8 Å². The minimum absolute atomic E-state index is 0.0830. The van der Waals surface area contributed by atoms with E-state index in [1.165, 1.54) is 0 Å². The number of imidazole rings is 1. The first-order chi connectivity index (χ1) is 8.63. The molecule has 94 valence electrons. The molecular weight excluding hydrogens is 232 g/mol. The van der Waals surface area contributed by atoms with E-state index in [-0.39, 0.29) is 5.69 Å². The van der Waals surface area contributed by atoms with Gasteiger partial charge in [-0.3, -0.25) is 0 Å². The van der Waals surface area contributed by atoms with E-state index in [0.29, 0.717) is 29.4 Å². The Morgan fingerprint density at radius 1 is 1.44 bits per heavy atom. The maximum absolute atomic E-state index is 11.2.